The molecular formula is C28H32N2O5SSi. The average Bonchev–Trinajstić information content (AvgIpc) is 3.32. The van der Waals surface area contributed by atoms with Crippen molar-refractivity contribution in [2.24, 2.45) is 0 Å². The van der Waals surface area contributed by atoms with E-state index in [1.165, 1.54) is 29.6 Å². The number of nitrogens with one attached hydrogen (secondary N) is 1. The van der Waals surface area contributed by atoms with E-state index in [1.54, 1.807) is 19.1 Å². The Morgan fingerprint density at radius 1 is 1.05 bits per heavy atom. The van der Waals surface area contributed by atoms with E-state index in [0.717, 1.165) is 10.4 Å². The molecule has 1 aliphatic rings. The summed E-state index contributed by atoms with van der Waals surface area (Å²) < 4.78 is 12.5. The van der Waals surface area contributed by atoms with Crippen LogP contribution in [0.25, 0.3) is 0 Å². The number of aromatic nitrogens is 2. The lowest BCUT2D eigenvalue weighted by molar-refractivity contribution is -0.142. The quantitative estimate of drug-likeness (QED) is 0.284. The number of aromatic amines is 1. The molecule has 3 aromatic rings. The lowest BCUT2D eigenvalue weighted by atomic mass is 10.1. The van der Waals surface area contributed by atoms with Crippen LogP contribution in [0.2, 0.25) is 5.04 Å². The van der Waals surface area contributed by atoms with Crippen molar-refractivity contribution in [3.05, 3.63) is 105 Å². The summed E-state index contributed by atoms with van der Waals surface area (Å²) >= 11 is 1.27. The molecule has 0 saturated heterocycles. The van der Waals surface area contributed by atoms with E-state index in [-0.39, 0.29) is 11.6 Å². The number of esters is 1. The Kier molecular flexibility index (Phi) is 7.50. The van der Waals surface area contributed by atoms with Crippen LogP contribution in [0.3, 0.4) is 0 Å². The molecule has 0 aliphatic carbocycles. The molecule has 0 fully saturated rings. The number of nitrogens with zero attached hydrogens (tertiary/aromatic N) is 1. The molecule has 9 heteroatoms. The molecule has 1 N–H and O–H groups in total. The van der Waals surface area contributed by atoms with Gasteiger partial charge < -0.3 is 9.16 Å². The molecule has 0 unspecified atom stereocenters. The van der Waals surface area contributed by atoms with E-state index in [4.69, 9.17) is 9.16 Å². The lowest BCUT2D eigenvalue weighted by Gasteiger charge is -2.44. The van der Waals surface area contributed by atoms with Gasteiger partial charge in [0, 0.05) is 11.8 Å². The number of methoxy groups -OCH3 is 1. The number of thioether (sulfide) groups is 1. The number of ether oxygens (including phenoxy) is 1. The molecule has 2 aromatic carbocycles. The minimum Gasteiger partial charge on any atom is -0.468 e. The fourth-order valence-corrected chi connectivity index (χ4v) is 10.9. The number of benzene rings is 2. The molecule has 1 aliphatic heterocycles. The number of hydrogen-bond donors (Lipinski definition) is 1. The summed E-state index contributed by atoms with van der Waals surface area (Å²) in [5.74, 6) is -0.455. The van der Waals surface area contributed by atoms with Gasteiger partial charge in [-0.2, -0.15) is 0 Å². The predicted octanol–water partition coefficient (Wildman–Crippen LogP) is 3.14. The number of carbonyl (C=O) groups excluding carboxylic acids is 1. The maximum atomic E-state index is 13.3. The number of aryl methyl sites for hydroxylation is 1. The van der Waals surface area contributed by atoms with Gasteiger partial charge in [-0.25, -0.2) is 4.79 Å². The van der Waals surface area contributed by atoms with Gasteiger partial charge >= 0.3 is 11.7 Å². The highest BCUT2D eigenvalue weighted by atomic mass is 32.2. The largest absolute Gasteiger partial charge is 0.468 e. The van der Waals surface area contributed by atoms with Gasteiger partial charge in [0.05, 0.1) is 13.7 Å². The minimum absolute atomic E-state index is 0.0572. The van der Waals surface area contributed by atoms with Crippen molar-refractivity contribution in [3.63, 3.8) is 0 Å². The maximum absolute atomic E-state index is 13.3. The molecule has 7 nitrogen and oxygen atoms in total. The van der Waals surface area contributed by atoms with Gasteiger partial charge in [-0.1, -0.05) is 93.6 Å². The van der Waals surface area contributed by atoms with Gasteiger partial charge in [0.15, 0.2) is 4.75 Å². The number of carbonyl (C=O) groups is 1. The highest BCUT2D eigenvalue weighted by molar-refractivity contribution is 8.02. The summed E-state index contributed by atoms with van der Waals surface area (Å²) in [5, 5.41) is 1.42. The molecule has 0 spiro atoms. The first kappa shape index (κ1) is 26.9. The third-order valence-corrected chi connectivity index (χ3v) is 13.2. The molecule has 2 atom stereocenters. The van der Waals surface area contributed by atoms with E-state index in [2.05, 4.69) is 50.0 Å². The van der Waals surface area contributed by atoms with Crippen LogP contribution in [0.15, 0.2) is 88.6 Å². The van der Waals surface area contributed by atoms with Crippen LogP contribution < -0.4 is 21.6 Å². The Morgan fingerprint density at radius 2 is 1.62 bits per heavy atom. The minimum atomic E-state index is -2.92. The van der Waals surface area contributed by atoms with Crippen LogP contribution in [0.4, 0.5) is 0 Å². The highest BCUT2D eigenvalue weighted by Crippen LogP contribution is 2.46. The Bertz CT molecular complexity index is 1370. The van der Waals surface area contributed by atoms with Crippen molar-refractivity contribution in [3.8, 4) is 0 Å². The molecule has 0 saturated carbocycles. The van der Waals surface area contributed by atoms with Crippen molar-refractivity contribution in [2.75, 3.05) is 13.7 Å². The smallest absolute Gasteiger partial charge is 0.329 e. The van der Waals surface area contributed by atoms with Gasteiger partial charge in [0.2, 0.25) is 0 Å². The molecule has 0 bridgehead atoms. The molecule has 37 heavy (non-hydrogen) atoms. The normalized spacial score (nSPS) is 19.6. The van der Waals surface area contributed by atoms with E-state index >= 15 is 0 Å². The van der Waals surface area contributed by atoms with E-state index in [1.807, 2.05) is 36.4 Å². The van der Waals surface area contributed by atoms with Crippen molar-refractivity contribution in [1.82, 2.24) is 9.55 Å². The zero-order chi connectivity index (χ0) is 26.8. The van der Waals surface area contributed by atoms with Crippen molar-refractivity contribution >= 4 is 36.4 Å². The third kappa shape index (κ3) is 4.91. The van der Waals surface area contributed by atoms with Crippen molar-refractivity contribution < 1.29 is 14.0 Å². The first-order valence-electron chi connectivity index (χ1n) is 12.1. The first-order valence-corrected chi connectivity index (χ1v) is 14.9. The molecular weight excluding hydrogens is 504 g/mol. The Morgan fingerprint density at radius 3 is 2.14 bits per heavy atom. The van der Waals surface area contributed by atoms with Gasteiger partial charge in [-0.05, 0) is 22.3 Å². The van der Waals surface area contributed by atoms with Crippen LogP contribution in [0.1, 0.15) is 31.7 Å². The SMILES string of the molecule is COC(=O)[C@@]1(CO[Si](c2ccccc2)(c2ccccc2)C(C)(C)C)C=C[C@H](n2cc(C)c(=O)[nH]c2=O)S1. The van der Waals surface area contributed by atoms with E-state index in [0.29, 0.717) is 5.56 Å². The zero-order valence-corrected chi connectivity index (χ0v) is 23.5. The second-order valence-corrected chi connectivity index (χ2v) is 15.9. The summed E-state index contributed by atoms with van der Waals surface area (Å²) in [6.45, 7) is 8.22. The van der Waals surface area contributed by atoms with Crippen LogP contribution in [0.5, 0.6) is 0 Å². The molecule has 2 heterocycles. The Labute approximate surface area is 221 Å². The number of rotatable bonds is 7. The maximum Gasteiger partial charge on any atom is 0.329 e. The summed E-state index contributed by atoms with van der Waals surface area (Å²) in [5.41, 5.74) is -0.554. The second kappa shape index (κ2) is 10.3. The average molecular weight is 537 g/mol. The Balaban J connectivity index is 1.78. The Hall–Kier alpha value is -3.14. The van der Waals surface area contributed by atoms with Crippen molar-refractivity contribution in [1.29, 1.82) is 0 Å². The van der Waals surface area contributed by atoms with E-state index in [9.17, 15) is 14.4 Å². The summed E-state index contributed by atoms with van der Waals surface area (Å²) in [4.78, 5) is 40.0. The zero-order valence-electron chi connectivity index (χ0n) is 21.7. The van der Waals surface area contributed by atoms with Crippen molar-refractivity contribution in [2.45, 2.75) is 42.9 Å². The lowest BCUT2D eigenvalue weighted by Crippen LogP contribution is -2.67. The number of hydrogen-bond acceptors (Lipinski definition) is 6. The molecule has 1 aromatic heterocycles. The van der Waals surface area contributed by atoms with Gasteiger partial charge in [-0.15, -0.1) is 11.8 Å². The van der Waals surface area contributed by atoms with Crippen LogP contribution in [-0.4, -0.2) is 42.3 Å². The first-order chi connectivity index (χ1) is 17.5. The van der Waals surface area contributed by atoms with E-state index < -0.39 is 35.7 Å². The summed E-state index contributed by atoms with van der Waals surface area (Å²) in [6, 6.07) is 20.4. The highest BCUT2D eigenvalue weighted by Gasteiger charge is 2.53. The van der Waals surface area contributed by atoms with Crippen LogP contribution in [0, 0.1) is 6.92 Å². The van der Waals surface area contributed by atoms with Crippen LogP contribution in [-0.2, 0) is 14.0 Å². The molecule has 194 valence electrons. The molecule has 0 radical (unpaired) electrons. The topological polar surface area (TPSA) is 90.4 Å². The monoisotopic (exact) mass is 536 g/mol. The van der Waals surface area contributed by atoms with Gasteiger partial charge in [-0.3, -0.25) is 19.1 Å². The molecule has 4 rings (SSSR count). The van der Waals surface area contributed by atoms with Crippen LogP contribution >= 0.6 is 11.8 Å². The molecule has 0 amide bonds. The number of H-pyrrole nitrogens is 1. The summed E-state index contributed by atoms with van der Waals surface area (Å²) in [7, 11) is -1.57. The summed E-state index contributed by atoms with van der Waals surface area (Å²) in [6.07, 6.45) is 5.06. The van der Waals surface area contributed by atoms with Gasteiger partial charge in [0.1, 0.15) is 5.37 Å². The van der Waals surface area contributed by atoms with Gasteiger partial charge in [0.25, 0.3) is 13.9 Å². The fraction of sp³-hybridized carbons (Fsp3) is 0.321. The standard InChI is InChI=1S/C28H32N2O5SSi/c1-20-18-30(26(33)29-24(20)31)23-16-17-28(36-23,25(32)34-5)19-35-37(27(2,3)4,21-12-8-6-9-13-21)22-14-10-7-11-15-22/h6-18,23H,19H2,1-5H3,(H,29,31,33)/t23-,28+/m1/s1. The predicted molar refractivity (Wildman–Crippen MR) is 150 cm³/mol. The fourth-order valence-electron chi connectivity index (χ4n) is 4.86. The second-order valence-electron chi connectivity index (χ2n) is 10.2. The third-order valence-electron chi connectivity index (χ3n) is 6.73.